The first-order valence-corrected chi connectivity index (χ1v) is 6.54. The maximum atomic E-state index is 10.7. The van der Waals surface area contributed by atoms with E-state index in [1.807, 2.05) is 6.07 Å². The van der Waals surface area contributed by atoms with Gasteiger partial charge in [0.25, 0.3) is 0 Å². The normalized spacial score (nSPS) is 24.5. The molecule has 2 heteroatoms. The first kappa shape index (κ1) is 12.2. The van der Waals surface area contributed by atoms with Crippen LogP contribution in [0.1, 0.15) is 50.0 Å². The Morgan fingerprint density at radius 1 is 1.18 bits per heavy atom. The van der Waals surface area contributed by atoms with Crippen molar-refractivity contribution in [2.24, 2.45) is 5.92 Å². The molecule has 0 saturated heterocycles. The lowest BCUT2D eigenvalue weighted by Crippen LogP contribution is -2.18. The van der Waals surface area contributed by atoms with Crippen LogP contribution in [0.5, 0.6) is 0 Å². The van der Waals surface area contributed by atoms with E-state index in [1.165, 1.54) is 31.2 Å². The summed E-state index contributed by atoms with van der Waals surface area (Å²) in [4.78, 5) is 10.7. The van der Waals surface area contributed by atoms with Crippen molar-refractivity contribution in [1.29, 1.82) is 0 Å². The molecule has 17 heavy (non-hydrogen) atoms. The van der Waals surface area contributed by atoms with Crippen molar-refractivity contribution < 1.29 is 9.90 Å². The fraction of sp³-hybridized carbons (Fsp3) is 0.533. The van der Waals surface area contributed by atoms with Crippen LogP contribution in [-0.4, -0.2) is 11.1 Å². The number of hydrogen-bond donors (Lipinski definition) is 1. The smallest absolute Gasteiger partial charge is 0.303 e. The largest absolute Gasteiger partial charge is 0.481 e. The minimum Gasteiger partial charge on any atom is -0.481 e. The van der Waals surface area contributed by atoms with E-state index in [-0.39, 0.29) is 0 Å². The summed E-state index contributed by atoms with van der Waals surface area (Å²) in [6.45, 7) is 0. The van der Waals surface area contributed by atoms with Crippen LogP contribution in [0.15, 0.2) is 30.3 Å². The quantitative estimate of drug-likeness (QED) is 0.856. The molecule has 1 aliphatic rings. The second kappa shape index (κ2) is 5.85. The molecule has 2 atom stereocenters. The molecule has 1 aromatic carbocycles. The predicted molar refractivity (Wildman–Crippen MR) is 68.0 cm³/mol. The number of benzene rings is 1. The van der Waals surface area contributed by atoms with Crippen molar-refractivity contribution in [3.63, 3.8) is 0 Å². The third-order valence-corrected chi connectivity index (χ3v) is 3.87. The van der Waals surface area contributed by atoms with E-state index in [0.717, 1.165) is 6.42 Å². The predicted octanol–water partition coefficient (Wildman–Crippen LogP) is 3.83. The van der Waals surface area contributed by atoms with Crippen molar-refractivity contribution in [3.8, 4) is 0 Å². The number of aliphatic carboxylic acids is 1. The minimum atomic E-state index is -0.664. The Labute approximate surface area is 103 Å². The van der Waals surface area contributed by atoms with E-state index < -0.39 is 5.97 Å². The van der Waals surface area contributed by atoms with Crippen LogP contribution in [0.3, 0.4) is 0 Å². The van der Waals surface area contributed by atoms with Crippen LogP contribution < -0.4 is 0 Å². The van der Waals surface area contributed by atoms with Crippen molar-refractivity contribution in [2.75, 3.05) is 0 Å². The van der Waals surface area contributed by atoms with Gasteiger partial charge in [0.15, 0.2) is 0 Å². The van der Waals surface area contributed by atoms with Gasteiger partial charge in [0.2, 0.25) is 0 Å². The summed E-state index contributed by atoms with van der Waals surface area (Å²) in [7, 11) is 0. The van der Waals surface area contributed by atoms with E-state index in [0.29, 0.717) is 18.3 Å². The van der Waals surface area contributed by atoms with E-state index in [2.05, 4.69) is 24.3 Å². The molecule has 1 N–H and O–H groups in total. The highest BCUT2D eigenvalue weighted by Gasteiger charge is 2.26. The Hall–Kier alpha value is -1.31. The molecule has 2 nitrogen and oxygen atoms in total. The first-order valence-electron chi connectivity index (χ1n) is 6.54. The van der Waals surface area contributed by atoms with E-state index in [4.69, 9.17) is 5.11 Å². The maximum Gasteiger partial charge on any atom is 0.303 e. The molecule has 0 heterocycles. The van der Waals surface area contributed by atoms with Gasteiger partial charge in [-0.1, -0.05) is 43.2 Å². The number of carboxylic acid groups (broad SMARTS) is 1. The van der Waals surface area contributed by atoms with Gasteiger partial charge >= 0.3 is 5.97 Å². The molecule has 0 spiro atoms. The van der Waals surface area contributed by atoms with Gasteiger partial charge in [0.1, 0.15) is 0 Å². The van der Waals surface area contributed by atoms with Gasteiger partial charge in [-0.2, -0.15) is 0 Å². The van der Waals surface area contributed by atoms with Crippen molar-refractivity contribution >= 4 is 5.97 Å². The van der Waals surface area contributed by atoms with Gasteiger partial charge < -0.3 is 5.11 Å². The Balaban J connectivity index is 2.04. The highest BCUT2D eigenvalue weighted by Crippen LogP contribution is 2.39. The highest BCUT2D eigenvalue weighted by molar-refractivity contribution is 5.66. The molecule has 0 radical (unpaired) electrons. The fourth-order valence-electron chi connectivity index (χ4n) is 3.00. The lowest BCUT2D eigenvalue weighted by molar-refractivity contribution is -0.137. The van der Waals surface area contributed by atoms with Gasteiger partial charge in [0.05, 0.1) is 0 Å². The molecule has 1 aromatic rings. The summed E-state index contributed by atoms with van der Waals surface area (Å²) in [6, 6.07) is 10.6. The number of carbonyl (C=O) groups is 1. The highest BCUT2D eigenvalue weighted by atomic mass is 16.4. The van der Waals surface area contributed by atoms with Crippen LogP contribution in [0.2, 0.25) is 0 Å². The zero-order valence-electron chi connectivity index (χ0n) is 10.1. The molecular formula is C15H20O2. The lowest BCUT2D eigenvalue weighted by Gasteiger charge is -2.31. The molecule has 0 aromatic heterocycles. The summed E-state index contributed by atoms with van der Waals surface area (Å²) >= 11 is 0. The molecule has 0 amide bonds. The summed E-state index contributed by atoms with van der Waals surface area (Å²) in [5, 5.41) is 8.80. The van der Waals surface area contributed by atoms with Crippen LogP contribution in [-0.2, 0) is 4.79 Å². The third-order valence-electron chi connectivity index (χ3n) is 3.87. The minimum absolute atomic E-state index is 0.313. The average Bonchev–Trinajstić information content (AvgIpc) is 2.38. The SMILES string of the molecule is O=C(O)CCC1CCCCC1c1ccccc1. The third kappa shape index (κ3) is 3.32. The van der Waals surface area contributed by atoms with Crippen LogP contribution >= 0.6 is 0 Å². The topological polar surface area (TPSA) is 37.3 Å². The summed E-state index contributed by atoms with van der Waals surface area (Å²) in [5.74, 6) is 0.467. The Morgan fingerprint density at radius 2 is 1.88 bits per heavy atom. The molecular weight excluding hydrogens is 212 g/mol. The van der Waals surface area contributed by atoms with Crippen molar-refractivity contribution in [2.45, 2.75) is 44.4 Å². The molecule has 1 saturated carbocycles. The van der Waals surface area contributed by atoms with Crippen LogP contribution in [0, 0.1) is 5.92 Å². The average molecular weight is 232 g/mol. The van der Waals surface area contributed by atoms with Gasteiger partial charge in [-0.05, 0) is 36.7 Å². The van der Waals surface area contributed by atoms with E-state index >= 15 is 0 Å². The molecule has 0 aliphatic heterocycles. The maximum absolute atomic E-state index is 10.7. The van der Waals surface area contributed by atoms with Crippen molar-refractivity contribution in [3.05, 3.63) is 35.9 Å². The van der Waals surface area contributed by atoms with Gasteiger partial charge in [0, 0.05) is 6.42 Å². The summed E-state index contributed by atoms with van der Waals surface area (Å²) in [5.41, 5.74) is 1.39. The number of carboxylic acids is 1. The standard InChI is InChI=1S/C15H20O2/c16-15(17)11-10-13-8-4-5-9-14(13)12-6-2-1-3-7-12/h1-3,6-7,13-14H,4-5,8-11H2,(H,16,17). The monoisotopic (exact) mass is 232 g/mol. The van der Waals surface area contributed by atoms with Crippen LogP contribution in [0.25, 0.3) is 0 Å². The lowest BCUT2D eigenvalue weighted by atomic mass is 9.73. The molecule has 2 unspecified atom stereocenters. The van der Waals surface area contributed by atoms with E-state index in [1.54, 1.807) is 0 Å². The molecule has 1 fully saturated rings. The molecule has 92 valence electrons. The number of hydrogen-bond acceptors (Lipinski definition) is 1. The Bertz CT molecular complexity index is 358. The van der Waals surface area contributed by atoms with Gasteiger partial charge in [-0.15, -0.1) is 0 Å². The molecule has 2 rings (SSSR count). The second-order valence-corrected chi connectivity index (χ2v) is 4.99. The van der Waals surface area contributed by atoms with E-state index in [9.17, 15) is 4.79 Å². The zero-order valence-corrected chi connectivity index (χ0v) is 10.1. The fourth-order valence-corrected chi connectivity index (χ4v) is 3.00. The first-order chi connectivity index (χ1) is 8.27. The zero-order chi connectivity index (χ0) is 12.1. The summed E-state index contributed by atoms with van der Waals surface area (Å²) in [6.07, 6.45) is 6.08. The molecule has 0 bridgehead atoms. The van der Waals surface area contributed by atoms with Gasteiger partial charge in [-0.25, -0.2) is 0 Å². The Morgan fingerprint density at radius 3 is 2.59 bits per heavy atom. The number of rotatable bonds is 4. The van der Waals surface area contributed by atoms with Crippen molar-refractivity contribution in [1.82, 2.24) is 0 Å². The molecule has 1 aliphatic carbocycles. The summed E-state index contributed by atoms with van der Waals surface area (Å²) < 4.78 is 0. The second-order valence-electron chi connectivity index (χ2n) is 4.99. The van der Waals surface area contributed by atoms with Gasteiger partial charge in [-0.3, -0.25) is 4.79 Å². The van der Waals surface area contributed by atoms with Crippen LogP contribution in [0.4, 0.5) is 0 Å². The Kier molecular flexibility index (Phi) is 4.18.